The van der Waals surface area contributed by atoms with Crippen LogP contribution < -0.4 is 10.0 Å². The molecule has 0 aliphatic carbocycles. The summed E-state index contributed by atoms with van der Waals surface area (Å²) in [5.41, 5.74) is 7.13. The largest absolute Gasteiger partial charge is 0.377 e. The van der Waals surface area contributed by atoms with Gasteiger partial charge in [-0.25, -0.2) is 8.42 Å². The first-order valence-corrected chi connectivity index (χ1v) is 8.01. The van der Waals surface area contributed by atoms with E-state index in [4.69, 9.17) is 10.5 Å². The van der Waals surface area contributed by atoms with Crippen molar-refractivity contribution < 1.29 is 13.2 Å². The number of nitrogens with zero attached hydrogens (tertiary/aromatic N) is 1. The monoisotopic (exact) mass is 284 g/mol. The number of anilines is 1. The van der Waals surface area contributed by atoms with Gasteiger partial charge >= 0.3 is 0 Å². The van der Waals surface area contributed by atoms with E-state index < -0.39 is 10.0 Å². The topological polar surface area (TPSA) is 72.6 Å². The Morgan fingerprint density at radius 3 is 2.89 bits per heavy atom. The van der Waals surface area contributed by atoms with Crippen LogP contribution in [-0.4, -0.2) is 33.9 Å². The summed E-state index contributed by atoms with van der Waals surface area (Å²) in [6.07, 6.45) is 1.58. The summed E-state index contributed by atoms with van der Waals surface area (Å²) in [6.45, 7) is 1.06. The Morgan fingerprint density at radius 1 is 1.47 bits per heavy atom. The zero-order valence-electron chi connectivity index (χ0n) is 11.1. The lowest BCUT2D eigenvalue weighted by Gasteiger charge is -2.21. The van der Waals surface area contributed by atoms with Crippen molar-refractivity contribution in [3.8, 4) is 0 Å². The smallest absolute Gasteiger partial charge is 0.237 e. The van der Waals surface area contributed by atoms with Crippen molar-refractivity contribution in [3.63, 3.8) is 0 Å². The molecule has 6 heteroatoms. The van der Waals surface area contributed by atoms with Crippen molar-refractivity contribution in [2.45, 2.75) is 25.5 Å². The Balaban J connectivity index is 2.14. The van der Waals surface area contributed by atoms with Gasteiger partial charge in [-0.3, -0.25) is 4.31 Å². The first-order chi connectivity index (χ1) is 9.03. The van der Waals surface area contributed by atoms with E-state index in [0.29, 0.717) is 18.8 Å². The highest BCUT2D eigenvalue weighted by Crippen LogP contribution is 2.21. The third-order valence-electron chi connectivity index (χ3n) is 3.35. The Labute approximate surface area is 114 Å². The van der Waals surface area contributed by atoms with E-state index in [2.05, 4.69) is 0 Å². The van der Waals surface area contributed by atoms with Crippen LogP contribution in [0.1, 0.15) is 18.4 Å². The van der Waals surface area contributed by atoms with Gasteiger partial charge in [-0.1, -0.05) is 12.1 Å². The highest BCUT2D eigenvalue weighted by Gasteiger charge is 2.26. The maximum absolute atomic E-state index is 12.3. The molecule has 0 spiro atoms. The predicted octanol–water partition coefficient (Wildman–Crippen LogP) is 1.09. The summed E-state index contributed by atoms with van der Waals surface area (Å²) in [5, 5.41) is 0. The molecule has 1 aliphatic heterocycles. The summed E-state index contributed by atoms with van der Waals surface area (Å²) in [7, 11) is -1.78. The van der Waals surface area contributed by atoms with Gasteiger partial charge in [0.1, 0.15) is 0 Å². The molecule has 106 valence electrons. The Morgan fingerprint density at radius 2 is 2.26 bits per heavy atom. The van der Waals surface area contributed by atoms with Gasteiger partial charge in [-0.05, 0) is 30.5 Å². The van der Waals surface area contributed by atoms with Crippen molar-refractivity contribution in [3.05, 3.63) is 29.8 Å². The second-order valence-electron chi connectivity index (χ2n) is 4.76. The van der Waals surface area contributed by atoms with E-state index in [9.17, 15) is 8.42 Å². The second-order valence-corrected chi connectivity index (χ2v) is 6.80. The number of hydrogen-bond donors (Lipinski definition) is 1. The van der Waals surface area contributed by atoms with Crippen LogP contribution in [0.3, 0.4) is 0 Å². The van der Waals surface area contributed by atoms with Crippen LogP contribution in [0.2, 0.25) is 0 Å². The van der Waals surface area contributed by atoms with Crippen LogP contribution in [-0.2, 0) is 21.3 Å². The standard InChI is InChI=1S/C13H20N2O3S/c1-15(12-5-2-4-11(8-12)9-14)19(16,17)10-13-6-3-7-18-13/h2,4-5,8,13H,3,6-7,9-10,14H2,1H3. The average Bonchev–Trinajstić information content (AvgIpc) is 2.90. The molecule has 2 rings (SSSR count). The van der Waals surface area contributed by atoms with Gasteiger partial charge in [0.15, 0.2) is 0 Å². The third-order valence-corrected chi connectivity index (χ3v) is 5.19. The van der Waals surface area contributed by atoms with Crippen LogP contribution in [0, 0.1) is 0 Å². The number of hydrogen-bond acceptors (Lipinski definition) is 4. The lowest BCUT2D eigenvalue weighted by atomic mass is 10.2. The highest BCUT2D eigenvalue weighted by molar-refractivity contribution is 7.92. The second kappa shape index (κ2) is 5.90. The van der Waals surface area contributed by atoms with Crippen LogP contribution in [0.5, 0.6) is 0 Å². The molecular weight excluding hydrogens is 264 g/mol. The Bertz CT molecular complexity index is 524. The summed E-state index contributed by atoms with van der Waals surface area (Å²) < 4.78 is 31.3. The number of rotatable bonds is 5. The minimum atomic E-state index is -3.35. The molecule has 0 amide bonds. The number of sulfonamides is 1. The van der Waals surface area contributed by atoms with Crippen LogP contribution in [0.4, 0.5) is 5.69 Å². The molecule has 1 aromatic carbocycles. The van der Waals surface area contributed by atoms with Crippen molar-refractivity contribution in [1.82, 2.24) is 0 Å². The number of ether oxygens (including phenoxy) is 1. The maximum Gasteiger partial charge on any atom is 0.237 e. The van der Waals surface area contributed by atoms with Crippen LogP contribution in [0.25, 0.3) is 0 Å². The van der Waals surface area contributed by atoms with E-state index in [1.165, 1.54) is 4.31 Å². The van der Waals surface area contributed by atoms with Crippen molar-refractivity contribution in [2.75, 3.05) is 23.7 Å². The third kappa shape index (κ3) is 3.46. The van der Waals surface area contributed by atoms with Crippen molar-refractivity contribution >= 4 is 15.7 Å². The fourth-order valence-corrected chi connectivity index (χ4v) is 3.55. The van der Waals surface area contributed by atoms with E-state index in [-0.39, 0.29) is 11.9 Å². The number of nitrogens with two attached hydrogens (primary N) is 1. The van der Waals surface area contributed by atoms with Gasteiger partial charge in [-0.15, -0.1) is 0 Å². The van der Waals surface area contributed by atoms with E-state index in [1.807, 2.05) is 12.1 Å². The maximum atomic E-state index is 12.3. The molecule has 0 bridgehead atoms. The van der Waals surface area contributed by atoms with Crippen LogP contribution in [0.15, 0.2) is 24.3 Å². The van der Waals surface area contributed by atoms with Gasteiger partial charge in [-0.2, -0.15) is 0 Å². The Hall–Kier alpha value is -1.11. The van der Waals surface area contributed by atoms with Gasteiger partial charge in [0.05, 0.1) is 17.5 Å². The average molecular weight is 284 g/mol. The molecule has 1 heterocycles. The first-order valence-electron chi connectivity index (χ1n) is 6.40. The molecule has 1 aliphatic rings. The number of benzene rings is 1. The highest BCUT2D eigenvalue weighted by atomic mass is 32.2. The SMILES string of the molecule is CN(c1cccc(CN)c1)S(=O)(=O)CC1CCCO1. The minimum Gasteiger partial charge on any atom is -0.377 e. The van der Waals surface area contributed by atoms with Gasteiger partial charge in [0, 0.05) is 20.2 Å². The molecular formula is C13H20N2O3S. The molecule has 1 saturated heterocycles. The van der Waals surface area contributed by atoms with Crippen molar-refractivity contribution in [1.29, 1.82) is 0 Å². The molecule has 0 aromatic heterocycles. The fourth-order valence-electron chi connectivity index (χ4n) is 2.16. The zero-order chi connectivity index (χ0) is 13.9. The molecule has 0 saturated carbocycles. The fraction of sp³-hybridized carbons (Fsp3) is 0.538. The normalized spacial score (nSPS) is 19.6. The first kappa shape index (κ1) is 14.3. The summed E-state index contributed by atoms with van der Waals surface area (Å²) >= 11 is 0. The molecule has 1 fully saturated rings. The van der Waals surface area contributed by atoms with Crippen LogP contribution >= 0.6 is 0 Å². The quantitative estimate of drug-likeness (QED) is 0.878. The molecule has 2 N–H and O–H groups in total. The van der Waals surface area contributed by atoms with E-state index in [0.717, 1.165) is 18.4 Å². The van der Waals surface area contributed by atoms with Gasteiger partial charge in [0.25, 0.3) is 0 Å². The minimum absolute atomic E-state index is 0.0380. The zero-order valence-corrected chi connectivity index (χ0v) is 11.9. The predicted molar refractivity (Wildman–Crippen MR) is 75.5 cm³/mol. The van der Waals surface area contributed by atoms with E-state index in [1.54, 1.807) is 19.2 Å². The molecule has 1 atom stereocenters. The van der Waals surface area contributed by atoms with Gasteiger partial charge in [0.2, 0.25) is 10.0 Å². The molecule has 1 unspecified atom stereocenters. The van der Waals surface area contributed by atoms with Gasteiger partial charge < -0.3 is 10.5 Å². The Kier molecular flexibility index (Phi) is 4.44. The summed E-state index contributed by atoms with van der Waals surface area (Å²) in [5.74, 6) is 0.0380. The molecule has 0 radical (unpaired) electrons. The lowest BCUT2D eigenvalue weighted by Crippen LogP contribution is -2.33. The molecule has 19 heavy (non-hydrogen) atoms. The summed E-state index contributed by atoms with van der Waals surface area (Å²) in [6, 6.07) is 7.26. The summed E-state index contributed by atoms with van der Waals surface area (Å²) in [4.78, 5) is 0. The van der Waals surface area contributed by atoms with E-state index >= 15 is 0 Å². The lowest BCUT2D eigenvalue weighted by molar-refractivity contribution is 0.127. The molecule has 1 aromatic rings. The molecule has 5 nitrogen and oxygen atoms in total. The van der Waals surface area contributed by atoms with Crippen molar-refractivity contribution in [2.24, 2.45) is 5.73 Å².